The van der Waals surface area contributed by atoms with E-state index in [9.17, 15) is 9.50 Å². The molecule has 1 heterocycles. The Kier molecular flexibility index (Phi) is 12.2. The van der Waals surface area contributed by atoms with E-state index in [0.717, 1.165) is 43.1 Å². The number of hydrogen-bond donors (Lipinski definition) is 1. The molecule has 0 aromatic heterocycles. The van der Waals surface area contributed by atoms with Crippen molar-refractivity contribution in [2.24, 2.45) is 0 Å². The molecule has 0 bridgehead atoms. The van der Waals surface area contributed by atoms with E-state index in [0.29, 0.717) is 25.4 Å². The average molecular weight is 475 g/mol. The monoisotopic (exact) mass is 474 g/mol. The first kappa shape index (κ1) is 27.5. The fourth-order valence-electron chi connectivity index (χ4n) is 3.68. The Balaban J connectivity index is 0.00000240. The largest absolute Gasteiger partial charge is 0.491 e. The summed E-state index contributed by atoms with van der Waals surface area (Å²) in [5.41, 5.74) is 2.87. The number of hydrogen-bond acceptors (Lipinski definition) is 5. The molecule has 174 valence electrons. The molecule has 0 saturated carbocycles. The van der Waals surface area contributed by atoms with Crippen LogP contribution in [0.2, 0.25) is 0 Å². The highest BCUT2D eigenvalue weighted by molar-refractivity contribution is 5.85. The lowest BCUT2D eigenvalue weighted by atomic mass is 10.1. The summed E-state index contributed by atoms with van der Waals surface area (Å²) < 4.78 is 25.3. The van der Waals surface area contributed by atoms with Crippen molar-refractivity contribution in [2.75, 3.05) is 57.4 Å². The molecule has 1 unspecified atom stereocenters. The number of anilines is 1. The van der Waals surface area contributed by atoms with E-state index >= 15 is 0 Å². The van der Waals surface area contributed by atoms with Gasteiger partial charge in [0.15, 0.2) is 0 Å². The molecule has 2 aromatic rings. The van der Waals surface area contributed by atoms with Gasteiger partial charge in [0.1, 0.15) is 18.2 Å². The summed E-state index contributed by atoms with van der Waals surface area (Å²) in [6, 6.07) is 12.9. The fraction of sp³-hybridized carbons (Fsp3) is 0.478. The minimum absolute atomic E-state index is 0. The molecule has 1 fully saturated rings. The molecule has 1 atom stereocenters. The summed E-state index contributed by atoms with van der Waals surface area (Å²) in [5, 5.41) is 10.3. The van der Waals surface area contributed by atoms with Crippen LogP contribution in [0.1, 0.15) is 11.1 Å². The van der Waals surface area contributed by atoms with Crippen molar-refractivity contribution in [1.29, 1.82) is 0 Å². The molecule has 31 heavy (non-hydrogen) atoms. The van der Waals surface area contributed by atoms with Gasteiger partial charge in [0, 0.05) is 32.7 Å². The molecule has 3 rings (SSSR count). The van der Waals surface area contributed by atoms with Crippen molar-refractivity contribution in [3.63, 3.8) is 0 Å². The maximum absolute atomic E-state index is 13.9. The lowest BCUT2D eigenvalue weighted by Crippen LogP contribution is -2.49. The Morgan fingerprint density at radius 1 is 0.935 bits per heavy atom. The van der Waals surface area contributed by atoms with Gasteiger partial charge >= 0.3 is 0 Å². The molecule has 1 aliphatic heterocycles. The molecule has 1 saturated heterocycles. The number of para-hydroxylation sites is 2. The molecular weight excluding hydrogens is 442 g/mol. The first-order valence-electron chi connectivity index (χ1n) is 10.2. The number of aliphatic hydroxyl groups is 1. The highest BCUT2D eigenvalue weighted by Crippen LogP contribution is 2.22. The second-order valence-corrected chi connectivity index (χ2v) is 7.54. The maximum Gasteiger partial charge on any atom is 0.146 e. The molecule has 1 aliphatic rings. The standard InChI is InChI=1S/C23H31FN2O3.2ClH/c1-18-6-5-7-19(2)23(18)29-15-14-28-17-20(27)16-25-10-12-26(13-11-25)22-9-4-3-8-21(22)24;;/h3-9,20,27H,10-17H2,1-2H3;2*1H. The van der Waals surface area contributed by atoms with Crippen LogP contribution >= 0.6 is 24.8 Å². The maximum atomic E-state index is 13.9. The Morgan fingerprint density at radius 2 is 1.58 bits per heavy atom. The van der Waals surface area contributed by atoms with Crippen LogP contribution in [0.3, 0.4) is 0 Å². The minimum atomic E-state index is -0.546. The van der Waals surface area contributed by atoms with E-state index in [1.165, 1.54) is 6.07 Å². The van der Waals surface area contributed by atoms with Crippen LogP contribution in [-0.2, 0) is 4.74 Å². The van der Waals surface area contributed by atoms with Gasteiger partial charge in [-0.05, 0) is 37.1 Å². The van der Waals surface area contributed by atoms with Crippen LogP contribution in [0.15, 0.2) is 42.5 Å². The molecule has 0 aliphatic carbocycles. The summed E-state index contributed by atoms with van der Waals surface area (Å²) in [6.45, 7) is 8.87. The third-order valence-corrected chi connectivity index (χ3v) is 5.23. The second-order valence-electron chi connectivity index (χ2n) is 7.54. The lowest BCUT2D eigenvalue weighted by molar-refractivity contribution is 0.00706. The quantitative estimate of drug-likeness (QED) is 0.558. The van der Waals surface area contributed by atoms with Crippen LogP contribution < -0.4 is 9.64 Å². The number of β-amino-alcohol motifs (C(OH)–C–C–N with tert-alkyl or cyclic N) is 1. The molecule has 0 amide bonds. The van der Waals surface area contributed by atoms with Crippen LogP contribution in [0.25, 0.3) is 0 Å². The number of benzene rings is 2. The van der Waals surface area contributed by atoms with Crippen LogP contribution in [-0.4, -0.2) is 68.7 Å². The summed E-state index contributed by atoms with van der Waals surface area (Å²) in [7, 11) is 0. The van der Waals surface area contributed by atoms with E-state index in [4.69, 9.17) is 9.47 Å². The van der Waals surface area contributed by atoms with Crippen LogP contribution in [0.5, 0.6) is 5.75 Å². The van der Waals surface area contributed by atoms with Gasteiger partial charge in [0.05, 0.1) is 25.0 Å². The van der Waals surface area contributed by atoms with Crippen molar-refractivity contribution in [1.82, 2.24) is 4.90 Å². The first-order valence-corrected chi connectivity index (χ1v) is 10.2. The van der Waals surface area contributed by atoms with Crippen molar-refractivity contribution >= 4 is 30.5 Å². The molecule has 1 N–H and O–H groups in total. The lowest BCUT2D eigenvalue weighted by Gasteiger charge is -2.36. The number of nitrogens with zero attached hydrogens (tertiary/aromatic N) is 2. The van der Waals surface area contributed by atoms with Gasteiger partial charge in [-0.15, -0.1) is 24.8 Å². The van der Waals surface area contributed by atoms with Crippen molar-refractivity contribution < 1.29 is 19.0 Å². The van der Waals surface area contributed by atoms with E-state index in [-0.39, 0.29) is 37.2 Å². The number of aryl methyl sites for hydroxylation is 2. The molecule has 2 aromatic carbocycles. The zero-order valence-electron chi connectivity index (χ0n) is 18.1. The fourth-order valence-corrected chi connectivity index (χ4v) is 3.68. The number of aliphatic hydroxyl groups excluding tert-OH is 1. The van der Waals surface area contributed by atoms with Crippen LogP contribution in [0.4, 0.5) is 10.1 Å². The van der Waals surface area contributed by atoms with Crippen molar-refractivity contribution in [3.8, 4) is 5.75 Å². The third-order valence-electron chi connectivity index (χ3n) is 5.23. The van der Waals surface area contributed by atoms with Crippen molar-refractivity contribution in [2.45, 2.75) is 20.0 Å². The van der Waals surface area contributed by atoms with Gasteiger partial charge in [0.25, 0.3) is 0 Å². The SMILES string of the molecule is Cc1cccc(C)c1OCCOCC(O)CN1CCN(c2ccccc2F)CC1.Cl.Cl. The van der Waals surface area contributed by atoms with Crippen LogP contribution in [0, 0.1) is 19.7 Å². The Bertz CT molecular complexity index is 769. The molecule has 5 nitrogen and oxygen atoms in total. The highest BCUT2D eigenvalue weighted by atomic mass is 35.5. The Labute approximate surface area is 197 Å². The van der Waals surface area contributed by atoms with E-state index in [1.54, 1.807) is 6.07 Å². The van der Waals surface area contributed by atoms with Gasteiger partial charge in [-0.3, -0.25) is 4.90 Å². The second kappa shape index (κ2) is 13.8. The van der Waals surface area contributed by atoms with E-state index in [1.807, 2.05) is 44.2 Å². The number of halogens is 3. The Morgan fingerprint density at radius 3 is 2.23 bits per heavy atom. The predicted octanol–water partition coefficient (Wildman–Crippen LogP) is 3.86. The van der Waals surface area contributed by atoms with E-state index < -0.39 is 6.10 Å². The zero-order valence-corrected chi connectivity index (χ0v) is 19.8. The van der Waals surface area contributed by atoms with Gasteiger partial charge in [0.2, 0.25) is 0 Å². The third kappa shape index (κ3) is 8.13. The van der Waals surface area contributed by atoms with Gasteiger partial charge in [-0.2, -0.15) is 0 Å². The first-order chi connectivity index (χ1) is 14.0. The molecule has 0 spiro atoms. The van der Waals surface area contributed by atoms with Gasteiger partial charge in [-0.1, -0.05) is 30.3 Å². The minimum Gasteiger partial charge on any atom is -0.491 e. The van der Waals surface area contributed by atoms with Gasteiger partial charge in [-0.25, -0.2) is 4.39 Å². The average Bonchev–Trinajstić information content (AvgIpc) is 2.71. The zero-order chi connectivity index (χ0) is 20.6. The highest BCUT2D eigenvalue weighted by Gasteiger charge is 2.21. The summed E-state index contributed by atoms with van der Waals surface area (Å²) in [5.74, 6) is 0.724. The number of rotatable bonds is 9. The predicted molar refractivity (Wildman–Crippen MR) is 128 cm³/mol. The number of piperazine rings is 1. The normalized spacial score (nSPS) is 15.0. The Hall–Kier alpha value is -1.57. The molecular formula is C23H33Cl2FN2O3. The topological polar surface area (TPSA) is 45.2 Å². The summed E-state index contributed by atoms with van der Waals surface area (Å²) in [4.78, 5) is 4.25. The van der Waals surface area contributed by atoms with Crippen molar-refractivity contribution in [3.05, 3.63) is 59.4 Å². The molecule has 8 heteroatoms. The number of ether oxygens (including phenoxy) is 2. The smallest absolute Gasteiger partial charge is 0.146 e. The summed E-state index contributed by atoms with van der Waals surface area (Å²) >= 11 is 0. The van der Waals surface area contributed by atoms with E-state index in [2.05, 4.69) is 9.80 Å². The molecule has 0 radical (unpaired) electrons. The van der Waals surface area contributed by atoms with Gasteiger partial charge < -0.3 is 19.5 Å². The summed E-state index contributed by atoms with van der Waals surface area (Å²) in [6.07, 6.45) is -0.546.